The summed E-state index contributed by atoms with van der Waals surface area (Å²) in [4.78, 5) is 63.4. The Labute approximate surface area is 201 Å². The number of carboxylic acids is 2. The van der Waals surface area contributed by atoms with Crippen molar-refractivity contribution in [3.05, 3.63) is 24.3 Å². The molecular formula is C20H26O11Ti. The van der Waals surface area contributed by atoms with Crippen molar-refractivity contribution < 1.29 is 75.6 Å². The van der Waals surface area contributed by atoms with Gasteiger partial charge in [-0.2, -0.15) is 0 Å². The predicted molar refractivity (Wildman–Crippen MR) is 100.0 cm³/mol. The Morgan fingerprint density at radius 3 is 1.19 bits per heavy atom. The molecule has 0 unspecified atom stereocenters. The molecule has 0 fully saturated rings. The van der Waals surface area contributed by atoms with E-state index in [4.69, 9.17) is 9.47 Å². The van der Waals surface area contributed by atoms with Crippen LogP contribution in [0.1, 0.15) is 52.4 Å². The van der Waals surface area contributed by atoms with Crippen LogP contribution >= 0.6 is 0 Å². The van der Waals surface area contributed by atoms with Crippen LogP contribution in [0.3, 0.4) is 0 Å². The minimum absolute atomic E-state index is 0. The zero-order valence-corrected chi connectivity index (χ0v) is 19.6. The van der Waals surface area contributed by atoms with E-state index in [1.807, 2.05) is 0 Å². The molecule has 176 valence electrons. The zero-order chi connectivity index (χ0) is 23.7. The Balaban J connectivity index is -0.000000231. The van der Waals surface area contributed by atoms with Gasteiger partial charge in [-0.25, -0.2) is 9.59 Å². The average molecular weight is 490 g/mol. The quantitative estimate of drug-likeness (QED) is 0.0964. The smallest absolute Gasteiger partial charge is 2.00 e. The first kappa shape index (κ1) is 36.7. The molecule has 11 nitrogen and oxygen atoms in total. The fourth-order valence-electron chi connectivity index (χ4n) is 1.61. The van der Waals surface area contributed by atoms with Gasteiger partial charge in [-0.1, -0.05) is 13.2 Å². The Morgan fingerprint density at radius 1 is 0.688 bits per heavy atom. The first-order valence-electron chi connectivity index (χ1n) is 8.95. The van der Waals surface area contributed by atoms with Gasteiger partial charge in [0.05, 0.1) is 13.2 Å². The van der Waals surface area contributed by atoms with Crippen LogP contribution in [0.4, 0.5) is 0 Å². The molecule has 0 N–H and O–H groups in total. The van der Waals surface area contributed by atoms with Gasteiger partial charge in [-0.3, -0.25) is 9.59 Å². The van der Waals surface area contributed by atoms with Crippen LogP contribution < -0.4 is 10.2 Å². The van der Waals surface area contributed by atoms with Crippen molar-refractivity contribution in [2.45, 2.75) is 52.4 Å². The summed E-state index contributed by atoms with van der Waals surface area (Å²) in [5.41, 5.74) is 0.576. The molecule has 0 aliphatic carbocycles. The van der Waals surface area contributed by atoms with Crippen LogP contribution in [-0.4, -0.2) is 48.7 Å². The molecule has 0 saturated heterocycles. The van der Waals surface area contributed by atoms with Crippen molar-refractivity contribution in [2.24, 2.45) is 0 Å². The molecular weight excluding hydrogens is 464 g/mol. The molecule has 0 atom stereocenters. The monoisotopic (exact) mass is 490 g/mol. The summed E-state index contributed by atoms with van der Waals surface area (Å²) in [5.74, 6) is -4.66. The first-order valence-corrected chi connectivity index (χ1v) is 8.95. The van der Waals surface area contributed by atoms with Gasteiger partial charge in [0, 0.05) is 48.8 Å². The van der Waals surface area contributed by atoms with Gasteiger partial charge in [0.1, 0.15) is 11.6 Å². The molecule has 12 heteroatoms. The number of aliphatic carboxylic acids is 2. The number of hydrogen-bond donors (Lipinski definition) is 0. The van der Waals surface area contributed by atoms with E-state index in [1.54, 1.807) is 0 Å². The number of esters is 2. The van der Waals surface area contributed by atoms with Crippen molar-refractivity contribution in [3.63, 3.8) is 0 Å². The molecule has 0 spiro atoms. The summed E-state index contributed by atoms with van der Waals surface area (Å²) in [6, 6.07) is 0. The van der Waals surface area contributed by atoms with Crippen LogP contribution in [0, 0.1) is 0 Å². The standard InChI is InChI=1S/2C10H14O5.O.Ti/c2*1-7(2)10(14)15-5-3-4-8(11)6-9(12)13;;/h2*1,3-6H2,2H3,(H,12,13);;/q;;-2;+4/p-2. The van der Waals surface area contributed by atoms with E-state index in [2.05, 4.69) is 13.2 Å². The van der Waals surface area contributed by atoms with Crippen LogP contribution in [0.15, 0.2) is 24.3 Å². The molecule has 0 bridgehead atoms. The number of Topliss-reactive ketones (excluding diaryl/α,β-unsaturated/α-hetero) is 2. The number of rotatable bonds is 14. The topological polar surface area (TPSA) is 196 Å². The molecule has 0 rings (SSSR count). The number of carboxylic acid groups (broad SMARTS) is 2. The van der Waals surface area contributed by atoms with E-state index in [1.165, 1.54) is 13.8 Å². The Hall–Kier alpha value is -2.63. The third kappa shape index (κ3) is 25.4. The van der Waals surface area contributed by atoms with E-state index < -0.39 is 48.3 Å². The molecule has 0 saturated carbocycles. The molecule has 0 aromatic rings. The molecule has 0 heterocycles. The molecule has 0 amide bonds. The molecule has 0 aromatic carbocycles. The summed E-state index contributed by atoms with van der Waals surface area (Å²) in [5, 5.41) is 20.0. The third-order valence-corrected chi connectivity index (χ3v) is 3.05. The Kier molecular flexibility index (Phi) is 24.8. The average Bonchev–Trinajstić information content (AvgIpc) is 2.61. The van der Waals surface area contributed by atoms with Crippen LogP contribution in [0.25, 0.3) is 0 Å². The number of carbonyl (C=O) groups is 6. The maximum absolute atomic E-state index is 10.9. The summed E-state index contributed by atoms with van der Waals surface area (Å²) in [7, 11) is 0. The zero-order valence-electron chi connectivity index (χ0n) is 18.1. The van der Waals surface area contributed by atoms with E-state index in [-0.39, 0.29) is 64.4 Å². The van der Waals surface area contributed by atoms with Crippen molar-refractivity contribution in [1.82, 2.24) is 0 Å². The van der Waals surface area contributed by atoms with Gasteiger partial charge in [0.25, 0.3) is 0 Å². The second-order valence-electron chi connectivity index (χ2n) is 6.21. The van der Waals surface area contributed by atoms with Crippen molar-refractivity contribution in [3.8, 4) is 0 Å². The van der Waals surface area contributed by atoms with Crippen molar-refractivity contribution in [1.29, 1.82) is 0 Å². The van der Waals surface area contributed by atoms with Crippen molar-refractivity contribution in [2.75, 3.05) is 13.2 Å². The fourth-order valence-corrected chi connectivity index (χ4v) is 1.61. The maximum atomic E-state index is 10.9. The summed E-state index contributed by atoms with van der Waals surface area (Å²) < 4.78 is 9.41. The molecule has 32 heavy (non-hydrogen) atoms. The van der Waals surface area contributed by atoms with Gasteiger partial charge in [-0.15, -0.1) is 0 Å². The van der Waals surface area contributed by atoms with Crippen molar-refractivity contribution >= 4 is 35.4 Å². The molecule has 0 aliphatic heterocycles. The van der Waals surface area contributed by atoms with E-state index in [0.29, 0.717) is 12.8 Å². The van der Waals surface area contributed by atoms with Crippen LogP contribution in [-0.2, 0) is 65.4 Å². The molecule has 0 aliphatic rings. The minimum Gasteiger partial charge on any atom is -2.00 e. The first-order chi connectivity index (χ1) is 13.9. The summed E-state index contributed by atoms with van der Waals surface area (Å²) in [6.07, 6.45) is -0.423. The van der Waals surface area contributed by atoms with E-state index in [0.717, 1.165) is 0 Å². The van der Waals surface area contributed by atoms with Gasteiger partial charge in [-0.05, 0) is 26.7 Å². The summed E-state index contributed by atoms with van der Waals surface area (Å²) >= 11 is 0. The SMILES string of the molecule is C=C(C)C(=O)OCCCC(=O)CC(=O)[O-].C=C(C)C(=O)OCCCC(=O)CC(=O)[O-].[O-2].[Ti+4]. The second kappa shape index (κ2) is 21.6. The molecule has 0 radical (unpaired) electrons. The number of hydrogen-bond acceptors (Lipinski definition) is 10. The minimum atomic E-state index is -1.39. The molecule has 0 aromatic heterocycles. The Bertz CT molecular complexity index is 625. The van der Waals surface area contributed by atoms with E-state index >= 15 is 0 Å². The predicted octanol–water partition coefficient (Wildman–Crippen LogP) is -0.931. The number of carbonyl (C=O) groups excluding carboxylic acids is 6. The van der Waals surface area contributed by atoms with Crippen LogP contribution in [0.5, 0.6) is 0 Å². The third-order valence-electron chi connectivity index (χ3n) is 3.05. The maximum Gasteiger partial charge on any atom is 4.00 e. The largest absolute Gasteiger partial charge is 4.00 e. The fraction of sp³-hybridized carbons (Fsp3) is 0.500. The number of ether oxygens (including phenoxy) is 2. The second-order valence-corrected chi connectivity index (χ2v) is 6.21. The van der Waals surface area contributed by atoms with E-state index in [9.17, 15) is 39.0 Å². The summed E-state index contributed by atoms with van der Waals surface area (Å²) in [6.45, 7) is 9.97. The van der Waals surface area contributed by atoms with Crippen LogP contribution in [0.2, 0.25) is 0 Å². The number of ketones is 2. The van der Waals surface area contributed by atoms with Gasteiger partial charge >= 0.3 is 33.7 Å². The van der Waals surface area contributed by atoms with Gasteiger partial charge in [0.15, 0.2) is 0 Å². The normalized spacial score (nSPS) is 8.81. The van der Waals surface area contributed by atoms with Gasteiger partial charge in [0.2, 0.25) is 0 Å². The van der Waals surface area contributed by atoms with Gasteiger partial charge < -0.3 is 34.8 Å². The Morgan fingerprint density at radius 2 is 0.969 bits per heavy atom.